The molecule has 264 valence electrons. The van der Waals surface area contributed by atoms with Crippen LogP contribution in [-0.4, -0.2) is 48.3 Å². The van der Waals surface area contributed by atoms with Crippen LogP contribution in [0.25, 0.3) is 0 Å². The van der Waals surface area contributed by atoms with E-state index in [2.05, 4.69) is 91.6 Å². The number of benzene rings is 3. The van der Waals surface area contributed by atoms with Gasteiger partial charge in [0.1, 0.15) is 0 Å². The summed E-state index contributed by atoms with van der Waals surface area (Å²) < 4.78 is 0. The van der Waals surface area contributed by atoms with Crippen LogP contribution < -0.4 is 27.8 Å². The number of aryl methyl sites for hydroxylation is 3. The van der Waals surface area contributed by atoms with E-state index >= 15 is 0 Å². The second kappa shape index (κ2) is 64.6. The molecule has 1 aliphatic rings. The third-order valence-corrected chi connectivity index (χ3v) is 4.24. The monoisotopic (exact) mass is 649 g/mol. The maximum atomic E-state index is 7.91. The molecule has 3 aromatic rings. The van der Waals surface area contributed by atoms with Crippen LogP contribution in [-0.2, 0) is 0 Å². The molecule has 0 unspecified atom stereocenters. The minimum atomic E-state index is 0. The lowest BCUT2D eigenvalue weighted by atomic mass is 10.2. The third kappa shape index (κ3) is 85.7. The van der Waals surface area contributed by atoms with Crippen LogP contribution in [0, 0.1) is 54.8 Å². The predicted molar refractivity (Wildman–Crippen MR) is 209 cm³/mol. The van der Waals surface area contributed by atoms with Crippen LogP contribution in [0.4, 0.5) is 0 Å². The van der Waals surface area contributed by atoms with Crippen LogP contribution in [0.15, 0.2) is 104 Å². The fourth-order valence-electron chi connectivity index (χ4n) is 1.96. The zero-order valence-corrected chi connectivity index (χ0v) is 30.0. The van der Waals surface area contributed by atoms with Gasteiger partial charge in [0.2, 0.25) is 0 Å². The Bertz CT molecular complexity index is 912. The normalized spacial score (nSPS) is 8.00. The van der Waals surface area contributed by atoms with Crippen molar-refractivity contribution in [2.24, 2.45) is 17.2 Å². The van der Waals surface area contributed by atoms with Crippen LogP contribution in [0.5, 0.6) is 0 Å². The van der Waals surface area contributed by atoms with Crippen LogP contribution in [0.2, 0.25) is 0 Å². The van der Waals surface area contributed by atoms with Crippen molar-refractivity contribution in [2.75, 3.05) is 48.3 Å². The van der Waals surface area contributed by atoms with Gasteiger partial charge in [-0.15, -0.1) is 0 Å². The van der Waals surface area contributed by atoms with Gasteiger partial charge >= 0.3 is 0 Å². The molecule has 0 spiro atoms. The topological polar surface area (TPSA) is 173 Å². The van der Waals surface area contributed by atoms with Crippen molar-refractivity contribution >= 4 is 0 Å². The molecule has 3 aromatic carbocycles. The molecule has 1 saturated carbocycles. The van der Waals surface area contributed by atoms with Crippen molar-refractivity contribution in [1.82, 2.24) is 10.6 Å². The van der Waals surface area contributed by atoms with Crippen molar-refractivity contribution in [3.8, 4) is 18.2 Å². The van der Waals surface area contributed by atoms with E-state index in [1.165, 1.54) is 63.2 Å². The van der Waals surface area contributed by atoms with Gasteiger partial charge in [-0.25, -0.2) is 0 Å². The van der Waals surface area contributed by atoms with Crippen LogP contribution in [0.1, 0.15) is 56.2 Å². The standard InChI is InChI=1S/3C7H8.2C4H8N2.C3H3N.C3H6.3CH5N.CH4/c3*1-7-5-3-2-4-6-7;2*1-6-4-2-3-5;1-2-3-4;1-2-3-1;3*1-2;/h3*2-6H,1H3;2*6H,2,4H2,1H3;2H,1H2;1-3H2;3*2H2,1H3;1H4. The molecule has 1 fully saturated rings. The van der Waals surface area contributed by atoms with Crippen molar-refractivity contribution in [3.63, 3.8) is 0 Å². The smallest absolute Gasteiger partial charge is 0.0905 e. The summed E-state index contributed by atoms with van der Waals surface area (Å²) in [6.45, 7) is 11.0. The summed E-state index contributed by atoms with van der Waals surface area (Å²) >= 11 is 0. The van der Waals surface area contributed by atoms with Gasteiger partial charge < -0.3 is 27.8 Å². The van der Waals surface area contributed by atoms with E-state index < -0.39 is 0 Å². The fourth-order valence-corrected chi connectivity index (χ4v) is 1.96. The maximum absolute atomic E-state index is 7.91. The molecule has 0 atom stereocenters. The molecule has 8 N–H and O–H groups in total. The van der Waals surface area contributed by atoms with E-state index in [9.17, 15) is 0 Å². The Balaban J connectivity index is -0.0000000779. The lowest BCUT2D eigenvalue weighted by molar-refractivity contribution is 0.813. The van der Waals surface area contributed by atoms with Gasteiger partial charge in [0, 0.05) is 32.0 Å². The molecular weight excluding hydrogens is 580 g/mol. The summed E-state index contributed by atoms with van der Waals surface area (Å²) in [5.74, 6) is 0. The summed E-state index contributed by atoms with van der Waals surface area (Å²) in [4.78, 5) is 0. The van der Waals surface area contributed by atoms with E-state index in [0.29, 0.717) is 12.8 Å². The number of nitrogens with zero attached hydrogens (tertiary/aromatic N) is 3. The lowest BCUT2D eigenvalue weighted by Crippen LogP contribution is -2.05. The first-order valence-corrected chi connectivity index (χ1v) is 15.2. The summed E-state index contributed by atoms with van der Waals surface area (Å²) in [5.41, 5.74) is 17.5. The van der Waals surface area contributed by atoms with Gasteiger partial charge in [-0.05, 0) is 56.0 Å². The first kappa shape index (κ1) is 58.2. The summed E-state index contributed by atoms with van der Waals surface area (Å²) in [6, 6.07) is 36.5. The molecule has 0 radical (unpaired) electrons. The zero-order valence-electron chi connectivity index (χ0n) is 30.0. The minimum absolute atomic E-state index is 0. The van der Waals surface area contributed by atoms with Crippen LogP contribution >= 0.6 is 0 Å². The van der Waals surface area contributed by atoms with Gasteiger partial charge in [-0.1, -0.05) is 141 Å². The third-order valence-electron chi connectivity index (χ3n) is 4.24. The summed E-state index contributed by atoms with van der Waals surface area (Å²) in [5, 5.41) is 29.0. The van der Waals surface area contributed by atoms with Crippen LogP contribution in [0.3, 0.4) is 0 Å². The Hall–Kier alpha value is -4.33. The largest absolute Gasteiger partial charge is 0.333 e. The number of allylic oxidation sites excluding steroid dienone is 1. The Morgan fingerprint density at radius 2 is 0.787 bits per heavy atom. The molecule has 8 heteroatoms. The average Bonchev–Trinajstić information content (AvgIpc) is 4.02. The number of nitrogens with two attached hydrogens (primary N) is 3. The van der Waals surface area contributed by atoms with E-state index in [1.807, 2.05) is 80.8 Å². The molecule has 0 aliphatic heterocycles. The second-order valence-corrected chi connectivity index (χ2v) is 8.38. The van der Waals surface area contributed by atoms with E-state index in [4.69, 9.17) is 15.8 Å². The predicted octanol–water partition coefficient (Wildman–Crippen LogP) is 7.45. The van der Waals surface area contributed by atoms with E-state index in [-0.39, 0.29) is 7.43 Å². The lowest BCUT2D eigenvalue weighted by Gasteiger charge is -1.82. The highest BCUT2D eigenvalue weighted by Crippen LogP contribution is 2.14. The zero-order chi connectivity index (χ0) is 36.5. The molecule has 47 heavy (non-hydrogen) atoms. The van der Waals surface area contributed by atoms with Gasteiger partial charge in [0.25, 0.3) is 0 Å². The Labute approximate surface area is 290 Å². The van der Waals surface area contributed by atoms with Gasteiger partial charge in [-0.2, -0.15) is 15.8 Å². The number of rotatable bonds is 4. The Morgan fingerprint density at radius 3 is 0.851 bits per heavy atom. The molecule has 0 aromatic heterocycles. The van der Waals surface area contributed by atoms with Crippen molar-refractivity contribution in [1.29, 1.82) is 15.8 Å². The Kier molecular flexibility index (Phi) is 80.0. The first-order chi connectivity index (χ1) is 22.4. The van der Waals surface area contributed by atoms with Crippen molar-refractivity contribution in [3.05, 3.63) is 120 Å². The maximum Gasteiger partial charge on any atom is 0.0905 e. The van der Waals surface area contributed by atoms with Gasteiger partial charge in [0.15, 0.2) is 0 Å². The summed E-state index contributed by atoms with van der Waals surface area (Å²) in [7, 11) is 8.16. The number of hydrogen-bond acceptors (Lipinski definition) is 8. The highest BCUT2D eigenvalue weighted by molar-refractivity contribution is 5.13. The van der Waals surface area contributed by atoms with E-state index in [1.54, 1.807) is 6.07 Å². The summed E-state index contributed by atoms with van der Waals surface area (Å²) in [6.07, 6.45) is 6.90. The molecule has 4 rings (SSSR count). The quantitative estimate of drug-likeness (QED) is 0.143. The molecule has 0 amide bonds. The second-order valence-electron chi connectivity index (χ2n) is 8.38. The fraction of sp³-hybridized carbons (Fsp3) is 0.410. The molecule has 0 heterocycles. The highest BCUT2D eigenvalue weighted by atomic mass is 14.8. The van der Waals surface area contributed by atoms with Gasteiger partial charge in [0.05, 0.1) is 18.2 Å². The first-order valence-electron chi connectivity index (χ1n) is 15.2. The molecule has 0 saturated heterocycles. The molecule has 0 bridgehead atoms. The van der Waals surface area contributed by atoms with Crippen molar-refractivity contribution < 1.29 is 0 Å². The Morgan fingerprint density at radius 1 is 0.574 bits per heavy atom. The SMILES string of the molecule is C.C1CC1.C=CC#N.CN.CN.CN.CNCCC#N.CNCCC#N.Cc1ccccc1.Cc1ccccc1.Cc1ccccc1. The van der Waals surface area contributed by atoms with Gasteiger partial charge in [-0.3, -0.25) is 0 Å². The minimum Gasteiger partial charge on any atom is -0.333 e. The molecular formula is C39H68N8. The molecule has 8 nitrogen and oxygen atoms in total. The molecule has 1 aliphatic carbocycles. The number of nitrogens with one attached hydrogen (secondary N) is 2. The van der Waals surface area contributed by atoms with E-state index in [0.717, 1.165) is 13.1 Å². The van der Waals surface area contributed by atoms with Crippen molar-refractivity contribution in [2.45, 2.75) is 60.3 Å². The number of nitriles is 3. The number of hydrogen-bond donors (Lipinski definition) is 5. The average molecular weight is 649 g/mol. The highest BCUT2D eigenvalue weighted by Gasteiger charge is 1.95.